The summed E-state index contributed by atoms with van der Waals surface area (Å²) in [4.78, 5) is 12.7. The Kier molecular flexibility index (Phi) is 3.75. The van der Waals surface area contributed by atoms with E-state index in [4.69, 9.17) is 0 Å². The molecule has 0 aliphatic carbocycles. The van der Waals surface area contributed by atoms with E-state index in [2.05, 4.69) is 0 Å². The number of halogens is 3. The summed E-state index contributed by atoms with van der Waals surface area (Å²) >= 11 is 1.07. The van der Waals surface area contributed by atoms with E-state index < -0.39 is 17.5 Å². The number of carbonyl (C=O) groups excluding carboxylic acids is 1. The standard InChI is InChI=1S/C14H11F3OS/c1-7(2)14(18)11-6-5-10(19-11)8-3-4-9(15)13(17)12(8)16/h3-7H,1-2H3. The summed E-state index contributed by atoms with van der Waals surface area (Å²) in [5.74, 6) is -4.18. The van der Waals surface area contributed by atoms with Gasteiger partial charge in [-0.3, -0.25) is 4.79 Å². The lowest BCUT2D eigenvalue weighted by atomic mass is 10.1. The molecule has 2 rings (SSSR count). The largest absolute Gasteiger partial charge is 0.293 e. The zero-order chi connectivity index (χ0) is 14.2. The molecule has 0 aliphatic heterocycles. The predicted molar refractivity (Wildman–Crippen MR) is 68.8 cm³/mol. The molecule has 0 bridgehead atoms. The number of hydrogen-bond acceptors (Lipinski definition) is 2. The molecule has 1 aromatic carbocycles. The fourth-order valence-corrected chi connectivity index (χ4v) is 2.73. The van der Waals surface area contributed by atoms with Gasteiger partial charge in [-0.2, -0.15) is 0 Å². The van der Waals surface area contributed by atoms with Crippen LogP contribution in [0, 0.1) is 23.4 Å². The average molecular weight is 284 g/mol. The number of Topliss-reactive ketones (excluding diaryl/α,β-unsaturated/α-hetero) is 1. The van der Waals surface area contributed by atoms with Crippen LogP contribution in [0.3, 0.4) is 0 Å². The maximum Gasteiger partial charge on any atom is 0.195 e. The van der Waals surface area contributed by atoms with Gasteiger partial charge >= 0.3 is 0 Å². The molecule has 100 valence electrons. The Morgan fingerprint density at radius 2 is 1.74 bits per heavy atom. The first-order valence-electron chi connectivity index (χ1n) is 5.69. The smallest absolute Gasteiger partial charge is 0.195 e. The molecule has 0 atom stereocenters. The molecule has 1 heterocycles. The Balaban J connectivity index is 2.44. The molecule has 0 N–H and O–H groups in total. The molecule has 5 heteroatoms. The van der Waals surface area contributed by atoms with Crippen LogP contribution in [-0.4, -0.2) is 5.78 Å². The molecular weight excluding hydrogens is 273 g/mol. The number of hydrogen-bond donors (Lipinski definition) is 0. The Hall–Kier alpha value is -1.62. The third kappa shape index (κ3) is 2.56. The molecule has 2 aromatic rings. The van der Waals surface area contributed by atoms with Gasteiger partial charge in [0, 0.05) is 16.4 Å². The summed E-state index contributed by atoms with van der Waals surface area (Å²) in [6.07, 6.45) is 0. The van der Waals surface area contributed by atoms with Gasteiger partial charge < -0.3 is 0 Å². The second kappa shape index (κ2) is 5.17. The number of carbonyl (C=O) groups is 1. The Morgan fingerprint density at radius 1 is 1.05 bits per heavy atom. The molecule has 0 spiro atoms. The third-order valence-electron chi connectivity index (χ3n) is 2.67. The van der Waals surface area contributed by atoms with Crippen LogP contribution in [0.5, 0.6) is 0 Å². The van der Waals surface area contributed by atoms with Crippen LogP contribution in [0.1, 0.15) is 23.5 Å². The summed E-state index contributed by atoms with van der Waals surface area (Å²) in [6, 6.07) is 5.15. The fraction of sp³-hybridized carbons (Fsp3) is 0.214. The lowest BCUT2D eigenvalue weighted by molar-refractivity contribution is 0.0943. The minimum absolute atomic E-state index is 0.0355. The molecule has 0 unspecified atom stereocenters. The Labute approximate surface area is 112 Å². The van der Waals surface area contributed by atoms with Crippen LogP contribution in [0.25, 0.3) is 10.4 Å². The zero-order valence-corrected chi connectivity index (χ0v) is 11.2. The molecule has 0 amide bonds. The predicted octanol–water partition coefficient (Wildman–Crippen LogP) is 4.67. The van der Waals surface area contributed by atoms with Crippen molar-refractivity contribution in [2.45, 2.75) is 13.8 Å². The van der Waals surface area contributed by atoms with Gasteiger partial charge in [0.1, 0.15) is 0 Å². The normalized spacial score (nSPS) is 11.1. The Bertz CT molecular complexity index is 632. The molecule has 0 saturated carbocycles. The second-order valence-corrected chi connectivity index (χ2v) is 5.49. The van der Waals surface area contributed by atoms with Crippen molar-refractivity contribution in [1.29, 1.82) is 0 Å². The highest BCUT2D eigenvalue weighted by Gasteiger charge is 2.18. The van der Waals surface area contributed by atoms with E-state index in [9.17, 15) is 18.0 Å². The molecule has 0 radical (unpaired) electrons. The van der Waals surface area contributed by atoms with Crippen LogP contribution in [0.4, 0.5) is 13.2 Å². The summed E-state index contributed by atoms with van der Waals surface area (Å²) in [5.41, 5.74) is -0.0355. The number of ketones is 1. The van der Waals surface area contributed by atoms with Crippen LogP contribution in [-0.2, 0) is 0 Å². The molecule has 1 aromatic heterocycles. The van der Waals surface area contributed by atoms with Gasteiger partial charge in [0.15, 0.2) is 23.2 Å². The first-order valence-corrected chi connectivity index (χ1v) is 6.51. The minimum Gasteiger partial charge on any atom is -0.293 e. The first kappa shape index (κ1) is 13.8. The SMILES string of the molecule is CC(C)C(=O)c1ccc(-c2ccc(F)c(F)c2F)s1. The molecule has 19 heavy (non-hydrogen) atoms. The minimum atomic E-state index is -1.50. The summed E-state index contributed by atoms with van der Waals surface area (Å²) < 4.78 is 39.6. The molecular formula is C14H11F3OS. The van der Waals surface area contributed by atoms with Crippen LogP contribution < -0.4 is 0 Å². The second-order valence-electron chi connectivity index (χ2n) is 4.41. The topological polar surface area (TPSA) is 17.1 Å². The van der Waals surface area contributed by atoms with Crippen molar-refractivity contribution in [2.24, 2.45) is 5.92 Å². The quantitative estimate of drug-likeness (QED) is 0.591. The van der Waals surface area contributed by atoms with Crippen molar-refractivity contribution < 1.29 is 18.0 Å². The highest BCUT2D eigenvalue weighted by atomic mass is 32.1. The van der Waals surface area contributed by atoms with Crippen molar-refractivity contribution in [3.05, 3.63) is 46.6 Å². The van der Waals surface area contributed by atoms with E-state index in [1.807, 2.05) is 0 Å². The van der Waals surface area contributed by atoms with Crippen LogP contribution in [0.15, 0.2) is 24.3 Å². The third-order valence-corrected chi connectivity index (χ3v) is 3.81. The highest BCUT2D eigenvalue weighted by Crippen LogP contribution is 2.32. The Morgan fingerprint density at radius 3 is 2.37 bits per heavy atom. The van der Waals surface area contributed by atoms with Crippen LogP contribution >= 0.6 is 11.3 Å². The summed E-state index contributed by atoms with van der Waals surface area (Å²) in [6.45, 7) is 3.53. The van der Waals surface area contributed by atoms with E-state index in [0.717, 1.165) is 17.4 Å². The van der Waals surface area contributed by atoms with E-state index in [-0.39, 0.29) is 17.3 Å². The van der Waals surface area contributed by atoms with Gasteiger partial charge in [0.25, 0.3) is 0 Å². The van der Waals surface area contributed by atoms with Crippen molar-refractivity contribution in [3.8, 4) is 10.4 Å². The maximum absolute atomic E-state index is 13.6. The van der Waals surface area contributed by atoms with Gasteiger partial charge in [0.05, 0.1) is 4.88 Å². The van der Waals surface area contributed by atoms with Gasteiger partial charge in [-0.05, 0) is 24.3 Å². The van der Waals surface area contributed by atoms with Crippen molar-refractivity contribution >= 4 is 17.1 Å². The van der Waals surface area contributed by atoms with Gasteiger partial charge in [0.2, 0.25) is 0 Å². The monoisotopic (exact) mass is 284 g/mol. The van der Waals surface area contributed by atoms with E-state index in [0.29, 0.717) is 9.75 Å². The van der Waals surface area contributed by atoms with Gasteiger partial charge in [-0.15, -0.1) is 11.3 Å². The summed E-state index contributed by atoms with van der Waals surface area (Å²) in [5, 5.41) is 0. The average Bonchev–Trinajstić information content (AvgIpc) is 2.84. The van der Waals surface area contributed by atoms with E-state index in [1.165, 1.54) is 12.1 Å². The first-order chi connectivity index (χ1) is 8.91. The van der Waals surface area contributed by atoms with E-state index >= 15 is 0 Å². The van der Waals surface area contributed by atoms with E-state index in [1.54, 1.807) is 19.9 Å². The molecule has 1 nitrogen and oxygen atoms in total. The maximum atomic E-state index is 13.6. The number of thiophene rings is 1. The van der Waals surface area contributed by atoms with Gasteiger partial charge in [-0.25, -0.2) is 13.2 Å². The molecule has 0 fully saturated rings. The van der Waals surface area contributed by atoms with Crippen molar-refractivity contribution in [2.75, 3.05) is 0 Å². The fourth-order valence-electron chi connectivity index (χ4n) is 1.62. The van der Waals surface area contributed by atoms with Gasteiger partial charge in [-0.1, -0.05) is 13.8 Å². The molecule has 0 aliphatic rings. The summed E-state index contributed by atoms with van der Waals surface area (Å²) in [7, 11) is 0. The lowest BCUT2D eigenvalue weighted by Gasteiger charge is -2.02. The number of rotatable bonds is 3. The van der Waals surface area contributed by atoms with Crippen molar-refractivity contribution in [1.82, 2.24) is 0 Å². The van der Waals surface area contributed by atoms with Crippen LogP contribution in [0.2, 0.25) is 0 Å². The zero-order valence-electron chi connectivity index (χ0n) is 10.3. The van der Waals surface area contributed by atoms with Crippen molar-refractivity contribution in [3.63, 3.8) is 0 Å². The highest BCUT2D eigenvalue weighted by molar-refractivity contribution is 7.17. The molecule has 0 saturated heterocycles. The number of benzene rings is 1. The lowest BCUT2D eigenvalue weighted by Crippen LogP contribution is -2.04.